The molecule has 0 aromatic carbocycles. The standard InChI is InChI=1S/C19H22N4O2/c1-19(2,3)25-18(24)23-8-6-13-10-21-17(15(13)12-23)14-4-5-16-20-7-9-22(16)11-14/h4-5,7,9,11H,6,8,10,12H2,1-3H3. The van der Waals surface area contributed by atoms with Crippen LogP contribution in [0, 0.1) is 0 Å². The van der Waals surface area contributed by atoms with Gasteiger partial charge in [0.25, 0.3) is 0 Å². The SMILES string of the molecule is CC(C)(C)OC(=O)N1CCC2=C(C1)C(c1ccc3nccn3c1)=NC2. The normalized spacial score (nSPS) is 17.7. The Kier molecular flexibility index (Phi) is 3.63. The number of carbonyl (C=O) groups is 1. The lowest BCUT2D eigenvalue weighted by molar-refractivity contribution is 0.0263. The first-order chi connectivity index (χ1) is 11.9. The van der Waals surface area contributed by atoms with Crippen LogP contribution in [0.3, 0.4) is 0 Å². The van der Waals surface area contributed by atoms with Crippen molar-refractivity contribution >= 4 is 17.5 Å². The second-order valence-electron chi connectivity index (χ2n) is 7.51. The van der Waals surface area contributed by atoms with Gasteiger partial charge < -0.3 is 14.0 Å². The highest BCUT2D eigenvalue weighted by Crippen LogP contribution is 2.28. The number of imidazole rings is 1. The molecule has 25 heavy (non-hydrogen) atoms. The van der Waals surface area contributed by atoms with Crippen molar-refractivity contribution in [1.29, 1.82) is 0 Å². The summed E-state index contributed by atoms with van der Waals surface area (Å²) in [6.07, 6.45) is 6.36. The molecule has 0 fully saturated rings. The number of aliphatic imine (C=N–C) groups is 1. The van der Waals surface area contributed by atoms with Gasteiger partial charge >= 0.3 is 6.09 Å². The number of nitrogens with zero attached hydrogens (tertiary/aromatic N) is 4. The third-order valence-corrected chi connectivity index (χ3v) is 4.49. The van der Waals surface area contributed by atoms with Crippen LogP contribution in [0.2, 0.25) is 0 Å². The van der Waals surface area contributed by atoms with Gasteiger partial charge in [0.1, 0.15) is 11.2 Å². The summed E-state index contributed by atoms with van der Waals surface area (Å²) < 4.78 is 7.52. The van der Waals surface area contributed by atoms with E-state index in [1.54, 1.807) is 11.1 Å². The van der Waals surface area contributed by atoms with E-state index in [1.165, 1.54) is 5.57 Å². The molecule has 0 saturated carbocycles. The van der Waals surface area contributed by atoms with E-state index in [-0.39, 0.29) is 6.09 Å². The van der Waals surface area contributed by atoms with Crippen LogP contribution in [0.15, 0.2) is 46.9 Å². The Bertz CT molecular complexity index is 902. The molecule has 0 unspecified atom stereocenters. The highest BCUT2D eigenvalue weighted by atomic mass is 16.6. The summed E-state index contributed by atoms with van der Waals surface area (Å²) in [4.78, 5) is 23.2. The van der Waals surface area contributed by atoms with Gasteiger partial charge in [-0.2, -0.15) is 0 Å². The Morgan fingerprint density at radius 1 is 1.28 bits per heavy atom. The summed E-state index contributed by atoms with van der Waals surface area (Å²) in [5.74, 6) is 0. The summed E-state index contributed by atoms with van der Waals surface area (Å²) in [6.45, 7) is 7.66. The molecular weight excluding hydrogens is 316 g/mol. The van der Waals surface area contributed by atoms with Crippen LogP contribution in [0.25, 0.3) is 5.65 Å². The fourth-order valence-corrected chi connectivity index (χ4v) is 3.30. The molecule has 0 radical (unpaired) electrons. The highest BCUT2D eigenvalue weighted by molar-refractivity contribution is 6.15. The van der Waals surface area contributed by atoms with Crippen LogP contribution in [0.1, 0.15) is 32.8 Å². The molecule has 2 aliphatic rings. The van der Waals surface area contributed by atoms with Crippen LogP contribution in [0.5, 0.6) is 0 Å². The average Bonchev–Trinajstić information content (AvgIpc) is 3.18. The van der Waals surface area contributed by atoms with Crippen LogP contribution in [-0.4, -0.2) is 51.3 Å². The van der Waals surface area contributed by atoms with E-state index in [1.807, 2.05) is 49.7 Å². The smallest absolute Gasteiger partial charge is 0.410 e. The third-order valence-electron chi connectivity index (χ3n) is 4.49. The summed E-state index contributed by atoms with van der Waals surface area (Å²) in [6, 6.07) is 4.04. The minimum atomic E-state index is -0.481. The van der Waals surface area contributed by atoms with Gasteiger partial charge in [0.2, 0.25) is 0 Å². The van der Waals surface area contributed by atoms with E-state index in [2.05, 4.69) is 4.98 Å². The Balaban J connectivity index is 1.58. The van der Waals surface area contributed by atoms with E-state index in [9.17, 15) is 4.79 Å². The lowest BCUT2D eigenvalue weighted by Crippen LogP contribution is -2.41. The fraction of sp³-hybridized carbons (Fsp3) is 0.421. The fourth-order valence-electron chi connectivity index (χ4n) is 3.30. The monoisotopic (exact) mass is 338 g/mol. The van der Waals surface area contributed by atoms with Crippen molar-refractivity contribution in [3.05, 3.63) is 47.4 Å². The molecule has 6 heteroatoms. The molecule has 0 bridgehead atoms. The second-order valence-corrected chi connectivity index (χ2v) is 7.51. The molecular formula is C19H22N4O2. The molecule has 0 aliphatic carbocycles. The van der Waals surface area contributed by atoms with Crippen molar-refractivity contribution in [3.8, 4) is 0 Å². The molecule has 0 saturated heterocycles. The van der Waals surface area contributed by atoms with Crippen LogP contribution < -0.4 is 0 Å². The quantitative estimate of drug-likeness (QED) is 0.803. The molecule has 0 N–H and O–H groups in total. The Hall–Kier alpha value is -2.63. The number of rotatable bonds is 1. The van der Waals surface area contributed by atoms with Gasteiger partial charge in [-0.15, -0.1) is 0 Å². The van der Waals surface area contributed by atoms with Crippen molar-refractivity contribution in [2.24, 2.45) is 4.99 Å². The van der Waals surface area contributed by atoms with Gasteiger partial charge in [0, 0.05) is 30.7 Å². The summed E-state index contributed by atoms with van der Waals surface area (Å²) in [7, 11) is 0. The molecule has 2 aliphatic heterocycles. The number of fused-ring (bicyclic) bond motifs is 1. The van der Waals surface area contributed by atoms with Crippen LogP contribution in [-0.2, 0) is 4.74 Å². The maximum absolute atomic E-state index is 12.4. The first-order valence-corrected chi connectivity index (χ1v) is 8.57. The lowest BCUT2D eigenvalue weighted by Gasteiger charge is -2.31. The highest BCUT2D eigenvalue weighted by Gasteiger charge is 2.31. The Morgan fingerprint density at radius 3 is 2.92 bits per heavy atom. The zero-order valence-corrected chi connectivity index (χ0v) is 14.8. The maximum atomic E-state index is 12.4. The van der Waals surface area contributed by atoms with Crippen LogP contribution in [0.4, 0.5) is 4.79 Å². The molecule has 6 nitrogen and oxygen atoms in total. The van der Waals surface area contributed by atoms with Gasteiger partial charge in [-0.25, -0.2) is 9.78 Å². The van der Waals surface area contributed by atoms with Crippen molar-refractivity contribution in [2.75, 3.05) is 19.6 Å². The van der Waals surface area contributed by atoms with E-state index < -0.39 is 5.60 Å². The number of aromatic nitrogens is 2. The number of carbonyl (C=O) groups excluding carboxylic acids is 1. The second kappa shape index (κ2) is 5.72. The summed E-state index contributed by atoms with van der Waals surface area (Å²) in [5.41, 5.74) is 4.97. The van der Waals surface area contributed by atoms with E-state index in [4.69, 9.17) is 9.73 Å². The average molecular weight is 338 g/mol. The molecule has 1 amide bonds. The predicted octanol–water partition coefficient (Wildman–Crippen LogP) is 3.07. The van der Waals surface area contributed by atoms with Crippen LogP contribution >= 0.6 is 0 Å². The summed E-state index contributed by atoms with van der Waals surface area (Å²) in [5, 5.41) is 0. The molecule has 0 atom stereocenters. The number of ether oxygens (including phenoxy) is 1. The zero-order valence-electron chi connectivity index (χ0n) is 14.8. The van der Waals surface area contributed by atoms with E-state index in [0.29, 0.717) is 13.1 Å². The first-order valence-electron chi connectivity index (χ1n) is 8.57. The Morgan fingerprint density at radius 2 is 2.12 bits per heavy atom. The number of pyridine rings is 1. The molecule has 0 spiro atoms. The van der Waals surface area contributed by atoms with Gasteiger partial charge in [0.05, 0.1) is 18.8 Å². The van der Waals surface area contributed by atoms with E-state index in [0.717, 1.165) is 35.5 Å². The molecule has 4 rings (SSSR count). The molecule has 2 aromatic rings. The van der Waals surface area contributed by atoms with E-state index >= 15 is 0 Å². The lowest BCUT2D eigenvalue weighted by atomic mass is 9.96. The number of amides is 1. The van der Waals surface area contributed by atoms with Gasteiger partial charge in [-0.05, 0) is 50.5 Å². The number of hydrogen-bond donors (Lipinski definition) is 0. The molecule has 4 heterocycles. The topological polar surface area (TPSA) is 59.2 Å². The van der Waals surface area contributed by atoms with Gasteiger partial charge in [-0.1, -0.05) is 0 Å². The van der Waals surface area contributed by atoms with Crippen molar-refractivity contribution in [1.82, 2.24) is 14.3 Å². The largest absolute Gasteiger partial charge is 0.444 e. The molecule has 2 aromatic heterocycles. The maximum Gasteiger partial charge on any atom is 0.410 e. The minimum absolute atomic E-state index is 0.254. The number of hydrogen-bond acceptors (Lipinski definition) is 4. The predicted molar refractivity (Wildman–Crippen MR) is 96.0 cm³/mol. The Labute approximate surface area is 146 Å². The van der Waals surface area contributed by atoms with Crippen molar-refractivity contribution < 1.29 is 9.53 Å². The zero-order chi connectivity index (χ0) is 17.6. The third kappa shape index (κ3) is 3.04. The first kappa shape index (κ1) is 15.9. The van der Waals surface area contributed by atoms with Crippen molar-refractivity contribution in [3.63, 3.8) is 0 Å². The van der Waals surface area contributed by atoms with Gasteiger partial charge in [-0.3, -0.25) is 4.99 Å². The molecule has 130 valence electrons. The minimum Gasteiger partial charge on any atom is -0.444 e. The van der Waals surface area contributed by atoms with Gasteiger partial charge in [0.15, 0.2) is 0 Å². The summed E-state index contributed by atoms with van der Waals surface area (Å²) >= 11 is 0. The van der Waals surface area contributed by atoms with Crippen molar-refractivity contribution in [2.45, 2.75) is 32.8 Å².